The number of nitrogens with zero attached hydrogens (tertiary/aromatic N) is 1. The summed E-state index contributed by atoms with van der Waals surface area (Å²) in [4.78, 5) is 14.7. The summed E-state index contributed by atoms with van der Waals surface area (Å²) in [5, 5.41) is 5.61. The molecular weight excluding hydrogens is 182 g/mol. The minimum atomic E-state index is -0.0421. The van der Waals surface area contributed by atoms with Gasteiger partial charge in [-0.15, -0.1) is 0 Å². The van der Waals surface area contributed by atoms with Crippen molar-refractivity contribution in [3.05, 3.63) is 0 Å². The van der Waals surface area contributed by atoms with E-state index in [-0.39, 0.29) is 5.91 Å². The molecule has 82 valence electrons. The summed E-state index contributed by atoms with van der Waals surface area (Å²) in [5.74, 6) is 5.74. The SMILES string of the molecule is CCCN=C(NN)NCCNC(C)=O. The van der Waals surface area contributed by atoms with Gasteiger partial charge >= 0.3 is 0 Å². The lowest BCUT2D eigenvalue weighted by molar-refractivity contribution is -0.118. The zero-order valence-corrected chi connectivity index (χ0v) is 8.76. The van der Waals surface area contributed by atoms with Gasteiger partial charge in [0.15, 0.2) is 0 Å². The zero-order chi connectivity index (χ0) is 10.8. The van der Waals surface area contributed by atoms with Gasteiger partial charge in [0.1, 0.15) is 0 Å². The van der Waals surface area contributed by atoms with E-state index < -0.39 is 0 Å². The van der Waals surface area contributed by atoms with Crippen molar-refractivity contribution >= 4 is 11.9 Å². The second-order valence-electron chi connectivity index (χ2n) is 2.78. The Hall–Kier alpha value is -1.30. The number of carbonyl (C=O) groups is 1. The van der Waals surface area contributed by atoms with Crippen molar-refractivity contribution in [1.29, 1.82) is 0 Å². The van der Waals surface area contributed by atoms with E-state index in [2.05, 4.69) is 21.1 Å². The predicted molar refractivity (Wildman–Crippen MR) is 56.6 cm³/mol. The van der Waals surface area contributed by atoms with E-state index in [4.69, 9.17) is 5.84 Å². The quantitative estimate of drug-likeness (QED) is 0.150. The van der Waals surface area contributed by atoms with Crippen LogP contribution in [0.25, 0.3) is 0 Å². The van der Waals surface area contributed by atoms with Crippen LogP contribution in [0.1, 0.15) is 20.3 Å². The molecule has 5 N–H and O–H groups in total. The summed E-state index contributed by atoms with van der Waals surface area (Å²) < 4.78 is 0. The van der Waals surface area contributed by atoms with E-state index in [0.29, 0.717) is 19.0 Å². The Balaban J connectivity index is 3.57. The monoisotopic (exact) mass is 201 g/mol. The summed E-state index contributed by atoms with van der Waals surface area (Å²) >= 11 is 0. The summed E-state index contributed by atoms with van der Waals surface area (Å²) in [7, 11) is 0. The molecule has 0 aromatic heterocycles. The van der Waals surface area contributed by atoms with Crippen LogP contribution in [0.15, 0.2) is 4.99 Å². The van der Waals surface area contributed by atoms with Crippen LogP contribution in [0, 0.1) is 0 Å². The molecule has 0 rings (SSSR count). The van der Waals surface area contributed by atoms with Gasteiger partial charge in [0, 0.05) is 26.6 Å². The number of hydrogen-bond acceptors (Lipinski definition) is 3. The van der Waals surface area contributed by atoms with Crippen molar-refractivity contribution in [2.24, 2.45) is 10.8 Å². The number of nitrogens with one attached hydrogen (secondary N) is 3. The zero-order valence-electron chi connectivity index (χ0n) is 8.76. The molecule has 0 aliphatic heterocycles. The molecule has 1 amide bonds. The molecule has 6 nitrogen and oxygen atoms in total. The topological polar surface area (TPSA) is 91.5 Å². The largest absolute Gasteiger partial charge is 0.355 e. The highest BCUT2D eigenvalue weighted by molar-refractivity contribution is 5.79. The lowest BCUT2D eigenvalue weighted by atomic mass is 10.5. The molecular formula is C8H19N5O. The molecule has 0 radical (unpaired) electrons. The van der Waals surface area contributed by atoms with E-state index in [1.54, 1.807) is 0 Å². The third-order valence-corrected chi connectivity index (χ3v) is 1.42. The molecule has 0 unspecified atom stereocenters. The van der Waals surface area contributed by atoms with Gasteiger partial charge < -0.3 is 10.6 Å². The maximum atomic E-state index is 10.5. The first-order chi connectivity index (χ1) is 6.70. The van der Waals surface area contributed by atoms with Crippen molar-refractivity contribution in [2.75, 3.05) is 19.6 Å². The maximum Gasteiger partial charge on any atom is 0.216 e. The van der Waals surface area contributed by atoms with Crippen LogP contribution >= 0.6 is 0 Å². The molecule has 14 heavy (non-hydrogen) atoms. The van der Waals surface area contributed by atoms with Crippen LogP contribution in [0.5, 0.6) is 0 Å². The lowest BCUT2D eigenvalue weighted by Crippen LogP contribution is -2.44. The standard InChI is InChI=1S/C8H19N5O/c1-3-4-11-8(13-9)12-6-5-10-7(2)14/h3-6,9H2,1-2H3,(H,10,14)(H2,11,12,13). The molecule has 0 atom stereocenters. The number of carbonyl (C=O) groups excluding carboxylic acids is 1. The highest BCUT2D eigenvalue weighted by Crippen LogP contribution is 1.76. The molecule has 0 heterocycles. The minimum absolute atomic E-state index is 0.0421. The number of hydrazine groups is 1. The molecule has 0 fully saturated rings. The lowest BCUT2D eigenvalue weighted by Gasteiger charge is -2.08. The summed E-state index contributed by atoms with van der Waals surface area (Å²) in [5.41, 5.74) is 2.45. The van der Waals surface area contributed by atoms with Gasteiger partial charge in [-0.05, 0) is 6.42 Å². The Morgan fingerprint density at radius 3 is 2.50 bits per heavy atom. The first-order valence-electron chi connectivity index (χ1n) is 4.70. The van der Waals surface area contributed by atoms with E-state index in [1.165, 1.54) is 6.92 Å². The molecule has 0 aliphatic carbocycles. The molecule has 0 saturated carbocycles. The second-order valence-corrected chi connectivity index (χ2v) is 2.78. The van der Waals surface area contributed by atoms with E-state index in [0.717, 1.165) is 13.0 Å². The van der Waals surface area contributed by atoms with Gasteiger partial charge in [-0.1, -0.05) is 6.92 Å². The van der Waals surface area contributed by atoms with Crippen LogP contribution in [-0.4, -0.2) is 31.5 Å². The number of amides is 1. The third-order valence-electron chi connectivity index (χ3n) is 1.42. The normalized spacial score (nSPS) is 10.9. The van der Waals surface area contributed by atoms with Crippen molar-refractivity contribution < 1.29 is 4.79 Å². The van der Waals surface area contributed by atoms with Gasteiger partial charge in [-0.25, -0.2) is 5.84 Å². The van der Waals surface area contributed by atoms with E-state index >= 15 is 0 Å². The van der Waals surface area contributed by atoms with Gasteiger partial charge in [0.2, 0.25) is 11.9 Å². The van der Waals surface area contributed by atoms with Gasteiger partial charge in [0.05, 0.1) is 0 Å². The third kappa shape index (κ3) is 7.35. The molecule has 0 spiro atoms. The van der Waals surface area contributed by atoms with Crippen LogP contribution < -0.4 is 21.9 Å². The van der Waals surface area contributed by atoms with Gasteiger partial charge in [-0.2, -0.15) is 0 Å². The first-order valence-corrected chi connectivity index (χ1v) is 4.70. The Labute approximate surface area is 84.3 Å². The summed E-state index contributed by atoms with van der Waals surface area (Å²) in [6.45, 7) is 5.41. The Bertz CT molecular complexity index is 192. The van der Waals surface area contributed by atoms with Crippen molar-refractivity contribution in [2.45, 2.75) is 20.3 Å². The average Bonchev–Trinajstić information content (AvgIpc) is 2.16. The van der Waals surface area contributed by atoms with E-state index in [1.807, 2.05) is 6.92 Å². The molecule has 6 heteroatoms. The van der Waals surface area contributed by atoms with Gasteiger partial charge in [0.25, 0.3) is 0 Å². The fraction of sp³-hybridized carbons (Fsp3) is 0.750. The molecule has 0 aromatic rings. The van der Waals surface area contributed by atoms with Crippen LogP contribution in [0.2, 0.25) is 0 Å². The number of guanidine groups is 1. The highest BCUT2D eigenvalue weighted by Gasteiger charge is 1.94. The van der Waals surface area contributed by atoms with Crippen LogP contribution in [-0.2, 0) is 4.79 Å². The highest BCUT2D eigenvalue weighted by atomic mass is 16.1. The van der Waals surface area contributed by atoms with Crippen LogP contribution in [0.4, 0.5) is 0 Å². The smallest absolute Gasteiger partial charge is 0.216 e. The van der Waals surface area contributed by atoms with E-state index in [9.17, 15) is 4.79 Å². The predicted octanol–water partition coefficient (Wildman–Crippen LogP) is -1.06. The van der Waals surface area contributed by atoms with Crippen molar-refractivity contribution in [3.8, 4) is 0 Å². The Morgan fingerprint density at radius 2 is 2.00 bits per heavy atom. The average molecular weight is 201 g/mol. The summed E-state index contributed by atoms with van der Waals surface area (Å²) in [6.07, 6.45) is 0.971. The Morgan fingerprint density at radius 1 is 1.36 bits per heavy atom. The molecule has 0 aromatic carbocycles. The van der Waals surface area contributed by atoms with Gasteiger partial charge in [-0.3, -0.25) is 15.2 Å². The minimum Gasteiger partial charge on any atom is -0.355 e. The fourth-order valence-electron chi connectivity index (χ4n) is 0.796. The maximum absolute atomic E-state index is 10.5. The number of nitrogens with two attached hydrogens (primary N) is 1. The second kappa shape index (κ2) is 8.31. The van der Waals surface area contributed by atoms with Crippen LogP contribution in [0.3, 0.4) is 0 Å². The number of hydrogen-bond donors (Lipinski definition) is 4. The van der Waals surface area contributed by atoms with Crippen molar-refractivity contribution in [3.63, 3.8) is 0 Å². The number of aliphatic imine (C=N–C) groups is 1. The Kier molecular flexibility index (Phi) is 7.53. The molecule has 0 saturated heterocycles. The molecule has 0 bridgehead atoms. The fourth-order valence-corrected chi connectivity index (χ4v) is 0.796. The summed E-state index contributed by atoms with van der Waals surface area (Å²) in [6, 6.07) is 0. The first kappa shape index (κ1) is 12.7. The van der Waals surface area contributed by atoms with Crippen molar-refractivity contribution in [1.82, 2.24) is 16.1 Å². The molecule has 0 aliphatic rings. The number of rotatable bonds is 5.